The summed E-state index contributed by atoms with van der Waals surface area (Å²) in [5.41, 5.74) is 0.979. The zero-order valence-corrected chi connectivity index (χ0v) is 8.08. The number of hydrogen-bond donors (Lipinski definition) is 2. The molecule has 1 amide bonds. The third kappa shape index (κ3) is 2.02. The molecule has 1 aliphatic heterocycles. The zero-order chi connectivity index (χ0) is 9.97. The van der Waals surface area contributed by atoms with E-state index in [1.165, 1.54) is 0 Å². The van der Waals surface area contributed by atoms with Crippen molar-refractivity contribution in [1.82, 2.24) is 10.3 Å². The summed E-state index contributed by atoms with van der Waals surface area (Å²) in [4.78, 5) is 15.3. The minimum absolute atomic E-state index is 0.107. The highest BCUT2D eigenvalue weighted by molar-refractivity contribution is 5.79. The molecule has 74 valence electrons. The molecule has 1 atom stereocenters. The summed E-state index contributed by atoms with van der Waals surface area (Å²) in [5, 5.41) is 5.99. The lowest BCUT2D eigenvalue weighted by atomic mass is 10.2. The molecule has 0 aliphatic carbocycles. The maximum Gasteiger partial charge on any atom is 0.222 e. The molecular weight excluding hydrogens is 178 g/mol. The summed E-state index contributed by atoms with van der Waals surface area (Å²) in [6, 6.07) is 5.99. The molecule has 14 heavy (non-hydrogen) atoms. The van der Waals surface area contributed by atoms with Crippen LogP contribution in [0.2, 0.25) is 0 Å². The van der Waals surface area contributed by atoms with E-state index in [-0.39, 0.29) is 11.9 Å². The van der Waals surface area contributed by atoms with E-state index in [2.05, 4.69) is 15.6 Å². The van der Waals surface area contributed by atoms with Crippen LogP contribution in [0.1, 0.15) is 12.1 Å². The second-order valence-corrected chi connectivity index (χ2v) is 3.51. The Kier molecular flexibility index (Phi) is 2.35. The van der Waals surface area contributed by atoms with Crippen LogP contribution in [-0.4, -0.2) is 23.5 Å². The predicted molar refractivity (Wildman–Crippen MR) is 54.0 cm³/mol. The first-order chi connectivity index (χ1) is 6.74. The van der Waals surface area contributed by atoms with Crippen LogP contribution in [0.5, 0.6) is 0 Å². The average molecular weight is 191 g/mol. The highest BCUT2D eigenvalue weighted by atomic mass is 16.1. The molecule has 1 aromatic rings. The van der Waals surface area contributed by atoms with Crippen LogP contribution in [0, 0.1) is 6.92 Å². The third-order valence-corrected chi connectivity index (χ3v) is 2.22. The van der Waals surface area contributed by atoms with Crippen molar-refractivity contribution in [2.45, 2.75) is 19.4 Å². The van der Waals surface area contributed by atoms with Crippen LogP contribution in [0.3, 0.4) is 0 Å². The molecule has 0 radical (unpaired) electrons. The molecule has 1 aromatic heterocycles. The Labute approximate surface area is 82.7 Å². The first-order valence-electron chi connectivity index (χ1n) is 4.71. The van der Waals surface area contributed by atoms with Gasteiger partial charge in [-0.2, -0.15) is 0 Å². The Bertz CT molecular complexity index is 351. The number of carbonyl (C=O) groups is 1. The van der Waals surface area contributed by atoms with Gasteiger partial charge in [-0.1, -0.05) is 6.07 Å². The highest BCUT2D eigenvalue weighted by Crippen LogP contribution is 2.09. The summed E-state index contributed by atoms with van der Waals surface area (Å²) in [6.07, 6.45) is 0.537. The topological polar surface area (TPSA) is 54.0 Å². The smallest absolute Gasteiger partial charge is 0.222 e. The first kappa shape index (κ1) is 8.99. The summed E-state index contributed by atoms with van der Waals surface area (Å²) < 4.78 is 0. The fourth-order valence-electron chi connectivity index (χ4n) is 1.54. The van der Waals surface area contributed by atoms with Crippen molar-refractivity contribution in [1.29, 1.82) is 0 Å². The molecule has 0 aromatic carbocycles. The van der Waals surface area contributed by atoms with Crippen LogP contribution < -0.4 is 10.6 Å². The minimum atomic E-state index is 0.107. The van der Waals surface area contributed by atoms with E-state index in [1.54, 1.807) is 0 Å². The number of rotatable bonds is 2. The zero-order valence-electron chi connectivity index (χ0n) is 8.08. The minimum Gasteiger partial charge on any atom is -0.365 e. The molecule has 2 N–H and O–H groups in total. The van der Waals surface area contributed by atoms with Gasteiger partial charge in [0.05, 0.1) is 6.04 Å². The molecule has 1 saturated heterocycles. The third-order valence-electron chi connectivity index (χ3n) is 2.22. The maximum absolute atomic E-state index is 10.9. The Morgan fingerprint density at radius 1 is 1.57 bits per heavy atom. The molecule has 2 rings (SSSR count). The van der Waals surface area contributed by atoms with Gasteiger partial charge in [-0.05, 0) is 19.1 Å². The summed E-state index contributed by atoms with van der Waals surface area (Å²) >= 11 is 0. The molecule has 1 aliphatic rings. The van der Waals surface area contributed by atoms with Gasteiger partial charge in [-0.3, -0.25) is 4.79 Å². The molecule has 1 fully saturated rings. The molecule has 0 saturated carbocycles. The van der Waals surface area contributed by atoms with E-state index >= 15 is 0 Å². The second kappa shape index (κ2) is 3.65. The molecule has 4 nitrogen and oxygen atoms in total. The Morgan fingerprint density at radius 3 is 3.07 bits per heavy atom. The van der Waals surface area contributed by atoms with Crippen molar-refractivity contribution in [2.24, 2.45) is 0 Å². The normalized spacial score (nSPS) is 20.6. The Balaban J connectivity index is 2.00. The van der Waals surface area contributed by atoms with E-state index < -0.39 is 0 Å². The van der Waals surface area contributed by atoms with Crippen molar-refractivity contribution in [2.75, 3.05) is 11.9 Å². The van der Waals surface area contributed by atoms with Gasteiger partial charge in [0.15, 0.2) is 0 Å². The number of nitrogens with one attached hydrogen (secondary N) is 2. The van der Waals surface area contributed by atoms with Gasteiger partial charge in [0.1, 0.15) is 5.82 Å². The van der Waals surface area contributed by atoms with Gasteiger partial charge >= 0.3 is 0 Å². The summed E-state index contributed by atoms with van der Waals surface area (Å²) in [6.45, 7) is 2.64. The van der Waals surface area contributed by atoms with Gasteiger partial charge in [0.2, 0.25) is 5.91 Å². The van der Waals surface area contributed by atoms with Gasteiger partial charge in [0, 0.05) is 18.7 Å². The van der Waals surface area contributed by atoms with Gasteiger partial charge in [-0.25, -0.2) is 4.98 Å². The number of carbonyl (C=O) groups excluding carboxylic acids is 1. The monoisotopic (exact) mass is 191 g/mol. The number of pyridine rings is 1. The number of hydrogen-bond acceptors (Lipinski definition) is 3. The van der Waals surface area contributed by atoms with Crippen LogP contribution in [0.15, 0.2) is 18.2 Å². The lowest BCUT2D eigenvalue weighted by Crippen LogP contribution is -2.22. The molecule has 0 spiro atoms. The second-order valence-electron chi connectivity index (χ2n) is 3.51. The van der Waals surface area contributed by atoms with E-state index in [0.717, 1.165) is 11.5 Å². The maximum atomic E-state index is 10.9. The SMILES string of the molecule is Cc1cccc(NC2CNC(=O)C2)n1. The largest absolute Gasteiger partial charge is 0.365 e. The molecule has 0 bridgehead atoms. The predicted octanol–water partition coefficient (Wildman–Crippen LogP) is 0.690. The number of amides is 1. The summed E-state index contributed by atoms with van der Waals surface area (Å²) in [7, 11) is 0. The lowest BCUT2D eigenvalue weighted by Gasteiger charge is -2.10. The number of anilines is 1. The van der Waals surface area contributed by atoms with Gasteiger partial charge in [0.25, 0.3) is 0 Å². The van der Waals surface area contributed by atoms with E-state index in [0.29, 0.717) is 13.0 Å². The number of nitrogens with zero attached hydrogens (tertiary/aromatic N) is 1. The van der Waals surface area contributed by atoms with Gasteiger partial charge in [-0.15, -0.1) is 0 Å². The van der Waals surface area contributed by atoms with Crippen molar-refractivity contribution >= 4 is 11.7 Å². The van der Waals surface area contributed by atoms with Crippen LogP contribution in [0.25, 0.3) is 0 Å². The quantitative estimate of drug-likeness (QED) is 0.723. The van der Waals surface area contributed by atoms with E-state index in [1.807, 2.05) is 25.1 Å². The standard InChI is InChI=1S/C10H13N3O/c1-7-3-2-4-9(12-7)13-8-5-10(14)11-6-8/h2-4,8H,5-6H2,1H3,(H,11,14)(H,12,13). The number of aromatic nitrogens is 1. The lowest BCUT2D eigenvalue weighted by molar-refractivity contribution is -0.119. The fourth-order valence-corrected chi connectivity index (χ4v) is 1.54. The van der Waals surface area contributed by atoms with Crippen LogP contribution in [0.4, 0.5) is 5.82 Å². The molecule has 2 heterocycles. The number of aryl methyl sites for hydroxylation is 1. The van der Waals surface area contributed by atoms with Gasteiger partial charge < -0.3 is 10.6 Å². The average Bonchev–Trinajstić information content (AvgIpc) is 2.51. The Morgan fingerprint density at radius 2 is 2.43 bits per heavy atom. The van der Waals surface area contributed by atoms with Crippen molar-refractivity contribution in [3.63, 3.8) is 0 Å². The van der Waals surface area contributed by atoms with Crippen molar-refractivity contribution in [3.05, 3.63) is 23.9 Å². The first-order valence-corrected chi connectivity index (χ1v) is 4.71. The highest BCUT2D eigenvalue weighted by Gasteiger charge is 2.20. The van der Waals surface area contributed by atoms with Crippen molar-refractivity contribution < 1.29 is 4.79 Å². The molecule has 4 heteroatoms. The molecule has 1 unspecified atom stereocenters. The molecular formula is C10H13N3O. The Hall–Kier alpha value is -1.58. The van der Waals surface area contributed by atoms with Crippen LogP contribution in [-0.2, 0) is 4.79 Å². The van der Waals surface area contributed by atoms with E-state index in [9.17, 15) is 4.79 Å². The van der Waals surface area contributed by atoms with E-state index in [4.69, 9.17) is 0 Å². The fraction of sp³-hybridized carbons (Fsp3) is 0.400. The van der Waals surface area contributed by atoms with Crippen LogP contribution >= 0.6 is 0 Å². The summed E-state index contributed by atoms with van der Waals surface area (Å²) in [5.74, 6) is 0.946. The van der Waals surface area contributed by atoms with Crippen molar-refractivity contribution in [3.8, 4) is 0 Å².